The van der Waals surface area contributed by atoms with Gasteiger partial charge < -0.3 is 11.1 Å². The Labute approximate surface area is 133 Å². The molecule has 0 spiro atoms. The second kappa shape index (κ2) is 6.15. The number of nitrogens with zero attached hydrogens (tertiary/aromatic N) is 1. The van der Waals surface area contributed by atoms with Crippen molar-refractivity contribution in [3.63, 3.8) is 0 Å². The van der Waals surface area contributed by atoms with Crippen molar-refractivity contribution in [3.8, 4) is 11.1 Å². The molecule has 3 N–H and O–H groups in total. The molecule has 3 rings (SSSR count). The van der Waals surface area contributed by atoms with Crippen LogP contribution < -0.4 is 11.1 Å². The number of carbonyl (C=O) groups excluding carboxylic acids is 1. The highest BCUT2D eigenvalue weighted by molar-refractivity contribution is 7.22. The van der Waals surface area contributed by atoms with Crippen molar-refractivity contribution in [3.05, 3.63) is 48.0 Å². The summed E-state index contributed by atoms with van der Waals surface area (Å²) in [4.78, 5) is 16.4. The number of fused-ring (bicyclic) bond motifs is 1. The normalized spacial score (nSPS) is 10.8. The first-order valence-corrected chi connectivity index (χ1v) is 8.03. The molecule has 0 aliphatic carbocycles. The van der Waals surface area contributed by atoms with Crippen molar-refractivity contribution < 1.29 is 4.79 Å². The van der Waals surface area contributed by atoms with Crippen LogP contribution in [0.1, 0.15) is 23.7 Å². The summed E-state index contributed by atoms with van der Waals surface area (Å²) in [6.07, 6.45) is 0.924. The summed E-state index contributed by atoms with van der Waals surface area (Å²) < 4.78 is 1.07. The minimum Gasteiger partial charge on any atom is -0.375 e. The van der Waals surface area contributed by atoms with Crippen LogP contribution in [-0.2, 0) is 0 Å². The van der Waals surface area contributed by atoms with Crippen molar-refractivity contribution in [2.24, 2.45) is 0 Å². The van der Waals surface area contributed by atoms with Crippen LogP contribution >= 0.6 is 11.3 Å². The summed E-state index contributed by atoms with van der Waals surface area (Å²) in [5, 5.41) is 3.46. The SMILES string of the molecule is CCCNC(=O)c1cccc(-c2ccc3sc(N)nc3c2)c1. The third-order valence-electron chi connectivity index (χ3n) is 3.40. The van der Waals surface area contributed by atoms with Gasteiger partial charge in [0.1, 0.15) is 0 Å². The van der Waals surface area contributed by atoms with E-state index in [9.17, 15) is 4.79 Å². The Morgan fingerprint density at radius 2 is 2.05 bits per heavy atom. The van der Waals surface area contributed by atoms with Crippen LogP contribution in [0.5, 0.6) is 0 Å². The molecule has 1 heterocycles. The lowest BCUT2D eigenvalue weighted by Crippen LogP contribution is -2.23. The van der Waals surface area contributed by atoms with E-state index in [2.05, 4.69) is 10.3 Å². The fourth-order valence-electron chi connectivity index (χ4n) is 2.31. The van der Waals surface area contributed by atoms with Crippen LogP contribution in [0.4, 0.5) is 5.13 Å². The van der Waals surface area contributed by atoms with E-state index >= 15 is 0 Å². The Morgan fingerprint density at radius 3 is 2.86 bits per heavy atom. The zero-order valence-electron chi connectivity index (χ0n) is 12.3. The fraction of sp³-hybridized carbons (Fsp3) is 0.176. The predicted molar refractivity (Wildman–Crippen MR) is 92.1 cm³/mol. The first kappa shape index (κ1) is 14.5. The number of rotatable bonds is 4. The van der Waals surface area contributed by atoms with E-state index in [1.807, 2.05) is 49.4 Å². The maximum atomic E-state index is 12.1. The van der Waals surface area contributed by atoms with Crippen LogP contribution in [0.3, 0.4) is 0 Å². The number of aromatic nitrogens is 1. The molecule has 22 heavy (non-hydrogen) atoms. The molecule has 0 bridgehead atoms. The van der Waals surface area contributed by atoms with Gasteiger partial charge in [0.05, 0.1) is 10.2 Å². The lowest BCUT2D eigenvalue weighted by Gasteiger charge is -2.06. The quantitative estimate of drug-likeness (QED) is 0.772. The van der Waals surface area contributed by atoms with Gasteiger partial charge in [-0.05, 0) is 41.8 Å². The lowest BCUT2D eigenvalue weighted by atomic mass is 10.0. The molecule has 1 amide bonds. The van der Waals surface area contributed by atoms with E-state index in [1.165, 1.54) is 11.3 Å². The average Bonchev–Trinajstić information content (AvgIpc) is 2.91. The van der Waals surface area contributed by atoms with Crippen molar-refractivity contribution in [1.29, 1.82) is 0 Å². The zero-order chi connectivity index (χ0) is 15.5. The number of benzene rings is 2. The topological polar surface area (TPSA) is 68.0 Å². The van der Waals surface area contributed by atoms with Gasteiger partial charge in [-0.2, -0.15) is 0 Å². The Balaban J connectivity index is 1.94. The van der Waals surface area contributed by atoms with Gasteiger partial charge in [-0.1, -0.05) is 36.5 Å². The molecular weight excluding hydrogens is 294 g/mol. The van der Waals surface area contributed by atoms with Gasteiger partial charge in [0, 0.05) is 12.1 Å². The van der Waals surface area contributed by atoms with Crippen molar-refractivity contribution in [2.75, 3.05) is 12.3 Å². The number of thiazole rings is 1. The van der Waals surface area contributed by atoms with E-state index in [1.54, 1.807) is 0 Å². The number of hydrogen-bond acceptors (Lipinski definition) is 4. The molecule has 0 aliphatic heterocycles. The zero-order valence-corrected chi connectivity index (χ0v) is 13.1. The fourth-order valence-corrected chi connectivity index (χ4v) is 3.02. The number of nitrogens with one attached hydrogen (secondary N) is 1. The largest absolute Gasteiger partial charge is 0.375 e. The van der Waals surface area contributed by atoms with Crippen LogP contribution in [0.2, 0.25) is 0 Å². The van der Waals surface area contributed by atoms with Gasteiger partial charge in [0.25, 0.3) is 5.91 Å². The number of carbonyl (C=O) groups is 1. The molecule has 0 aliphatic rings. The molecule has 0 unspecified atom stereocenters. The molecule has 5 heteroatoms. The standard InChI is InChI=1S/C17H17N3OS/c1-2-8-19-16(21)13-5-3-4-11(9-13)12-6-7-15-14(10-12)20-17(18)22-15/h3-7,9-10H,2,8H2,1H3,(H2,18,20)(H,19,21). The van der Waals surface area contributed by atoms with Crippen LogP contribution in [0.25, 0.3) is 21.3 Å². The molecule has 0 radical (unpaired) electrons. The monoisotopic (exact) mass is 311 g/mol. The van der Waals surface area contributed by atoms with Crippen molar-refractivity contribution in [1.82, 2.24) is 10.3 Å². The Kier molecular flexibility index (Phi) is 4.06. The van der Waals surface area contributed by atoms with Crippen LogP contribution in [0, 0.1) is 0 Å². The summed E-state index contributed by atoms with van der Waals surface area (Å²) in [6.45, 7) is 2.72. The maximum Gasteiger partial charge on any atom is 0.251 e. The molecule has 2 aromatic carbocycles. The van der Waals surface area contributed by atoms with E-state index < -0.39 is 0 Å². The molecule has 0 saturated carbocycles. The Morgan fingerprint density at radius 1 is 1.23 bits per heavy atom. The van der Waals surface area contributed by atoms with Crippen molar-refractivity contribution in [2.45, 2.75) is 13.3 Å². The van der Waals surface area contributed by atoms with Gasteiger partial charge in [-0.25, -0.2) is 4.98 Å². The summed E-state index contributed by atoms with van der Waals surface area (Å²) in [5.41, 5.74) is 9.33. The minimum absolute atomic E-state index is 0.0392. The first-order valence-electron chi connectivity index (χ1n) is 7.22. The highest BCUT2D eigenvalue weighted by Crippen LogP contribution is 2.29. The second-order valence-electron chi connectivity index (χ2n) is 5.07. The average molecular weight is 311 g/mol. The number of nitrogen functional groups attached to an aromatic ring is 1. The molecule has 3 aromatic rings. The third-order valence-corrected chi connectivity index (χ3v) is 4.26. The number of hydrogen-bond donors (Lipinski definition) is 2. The van der Waals surface area contributed by atoms with Crippen LogP contribution in [-0.4, -0.2) is 17.4 Å². The van der Waals surface area contributed by atoms with Gasteiger partial charge in [-0.15, -0.1) is 0 Å². The molecule has 112 valence electrons. The van der Waals surface area contributed by atoms with Gasteiger partial charge >= 0.3 is 0 Å². The van der Waals surface area contributed by atoms with Gasteiger partial charge in [0.2, 0.25) is 0 Å². The number of amides is 1. The lowest BCUT2D eigenvalue weighted by molar-refractivity contribution is 0.0953. The Bertz CT molecular complexity index is 826. The minimum atomic E-state index is -0.0392. The smallest absolute Gasteiger partial charge is 0.251 e. The number of anilines is 1. The first-order chi connectivity index (χ1) is 10.7. The van der Waals surface area contributed by atoms with E-state index in [0.717, 1.165) is 27.8 Å². The highest BCUT2D eigenvalue weighted by Gasteiger charge is 2.08. The molecule has 4 nitrogen and oxygen atoms in total. The maximum absolute atomic E-state index is 12.1. The summed E-state index contributed by atoms with van der Waals surface area (Å²) in [5.74, 6) is -0.0392. The van der Waals surface area contributed by atoms with E-state index in [4.69, 9.17) is 5.73 Å². The van der Waals surface area contributed by atoms with Gasteiger partial charge in [0.15, 0.2) is 5.13 Å². The van der Waals surface area contributed by atoms with Gasteiger partial charge in [-0.3, -0.25) is 4.79 Å². The number of nitrogens with two attached hydrogens (primary N) is 1. The third kappa shape index (κ3) is 2.94. The molecule has 0 saturated heterocycles. The Hall–Kier alpha value is -2.40. The van der Waals surface area contributed by atoms with E-state index in [-0.39, 0.29) is 5.91 Å². The summed E-state index contributed by atoms with van der Waals surface area (Å²) in [6, 6.07) is 13.7. The van der Waals surface area contributed by atoms with Crippen LogP contribution in [0.15, 0.2) is 42.5 Å². The highest BCUT2D eigenvalue weighted by atomic mass is 32.1. The summed E-state index contributed by atoms with van der Waals surface area (Å²) >= 11 is 1.48. The summed E-state index contributed by atoms with van der Waals surface area (Å²) in [7, 11) is 0. The second-order valence-corrected chi connectivity index (χ2v) is 6.13. The molecule has 0 atom stereocenters. The molecule has 1 aromatic heterocycles. The molecule has 0 fully saturated rings. The van der Waals surface area contributed by atoms with Crippen molar-refractivity contribution >= 4 is 32.6 Å². The molecular formula is C17H17N3OS. The predicted octanol–water partition coefficient (Wildman–Crippen LogP) is 3.69. The van der Waals surface area contributed by atoms with E-state index in [0.29, 0.717) is 17.2 Å².